The van der Waals surface area contributed by atoms with E-state index < -0.39 is 0 Å². The molecule has 5 heteroatoms. The van der Waals surface area contributed by atoms with Crippen molar-refractivity contribution in [2.75, 3.05) is 39.3 Å². The van der Waals surface area contributed by atoms with Gasteiger partial charge in [-0.05, 0) is 49.8 Å². The summed E-state index contributed by atoms with van der Waals surface area (Å²) in [6.45, 7) is 8.38. The van der Waals surface area contributed by atoms with Crippen LogP contribution in [0.4, 0.5) is 0 Å². The first-order valence-electron chi connectivity index (χ1n) is 11.5. The second-order valence-electron chi connectivity index (χ2n) is 9.27. The van der Waals surface area contributed by atoms with Crippen LogP contribution in [0.5, 0.6) is 0 Å². The van der Waals surface area contributed by atoms with Gasteiger partial charge in [-0.1, -0.05) is 65.8 Å². The van der Waals surface area contributed by atoms with E-state index in [-0.39, 0.29) is 5.41 Å². The van der Waals surface area contributed by atoms with Gasteiger partial charge in [0.15, 0.2) is 5.82 Å². The summed E-state index contributed by atoms with van der Waals surface area (Å²) in [4.78, 5) is 9.98. The van der Waals surface area contributed by atoms with Gasteiger partial charge in [-0.25, -0.2) is 0 Å². The minimum absolute atomic E-state index is 0.0487. The lowest BCUT2D eigenvalue weighted by Crippen LogP contribution is -2.52. The number of likely N-dealkylation sites (tertiary alicyclic amines) is 2. The van der Waals surface area contributed by atoms with Crippen molar-refractivity contribution in [1.82, 2.24) is 19.9 Å². The molecule has 2 aliphatic rings. The van der Waals surface area contributed by atoms with Gasteiger partial charge >= 0.3 is 0 Å². The molecule has 0 aliphatic carbocycles. The molecular formula is C26H32N4O. The van der Waals surface area contributed by atoms with Crippen molar-refractivity contribution < 1.29 is 4.52 Å². The van der Waals surface area contributed by atoms with Crippen LogP contribution in [-0.2, 0) is 18.3 Å². The molecule has 31 heavy (non-hydrogen) atoms. The highest BCUT2D eigenvalue weighted by molar-refractivity contribution is 5.20. The maximum Gasteiger partial charge on any atom is 0.235 e. The van der Waals surface area contributed by atoms with Crippen LogP contribution < -0.4 is 0 Å². The predicted molar refractivity (Wildman–Crippen MR) is 122 cm³/mol. The van der Waals surface area contributed by atoms with Crippen LogP contribution in [0.2, 0.25) is 0 Å². The number of aryl methyl sites for hydroxylation is 1. The van der Waals surface area contributed by atoms with Gasteiger partial charge < -0.3 is 14.3 Å². The smallest absolute Gasteiger partial charge is 0.235 e. The van der Waals surface area contributed by atoms with Gasteiger partial charge in [-0.3, -0.25) is 0 Å². The van der Waals surface area contributed by atoms with Gasteiger partial charge in [0.2, 0.25) is 5.89 Å². The van der Waals surface area contributed by atoms with Crippen molar-refractivity contribution in [3.05, 3.63) is 83.5 Å². The normalized spacial score (nSPS) is 24.4. The fraction of sp³-hybridized carbons (Fsp3) is 0.462. The molecule has 162 valence electrons. The molecule has 5 rings (SSSR count). The Bertz CT molecular complexity index is 932. The largest absolute Gasteiger partial charge is 0.339 e. The van der Waals surface area contributed by atoms with Crippen molar-refractivity contribution in [2.24, 2.45) is 5.92 Å². The number of rotatable bonds is 7. The second kappa shape index (κ2) is 8.93. The first-order chi connectivity index (χ1) is 15.2. The average Bonchev–Trinajstić information content (AvgIpc) is 3.41. The minimum atomic E-state index is -0.0487. The molecule has 2 saturated heterocycles. The predicted octanol–water partition coefficient (Wildman–Crippen LogP) is 3.74. The maximum atomic E-state index is 5.82. The summed E-state index contributed by atoms with van der Waals surface area (Å²) in [5.41, 5.74) is 2.76. The summed E-state index contributed by atoms with van der Waals surface area (Å²) < 4.78 is 5.82. The Morgan fingerprint density at radius 3 is 2.13 bits per heavy atom. The van der Waals surface area contributed by atoms with E-state index in [1.807, 2.05) is 6.92 Å². The Balaban J connectivity index is 1.30. The Kier molecular flexibility index (Phi) is 5.88. The lowest BCUT2D eigenvalue weighted by Gasteiger charge is -2.42. The van der Waals surface area contributed by atoms with Gasteiger partial charge in [-0.2, -0.15) is 4.98 Å². The Morgan fingerprint density at radius 1 is 0.903 bits per heavy atom. The fourth-order valence-electron chi connectivity index (χ4n) is 5.48. The van der Waals surface area contributed by atoms with Crippen LogP contribution in [0.25, 0.3) is 0 Å². The molecule has 0 radical (unpaired) electrons. The van der Waals surface area contributed by atoms with E-state index in [0.29, 0.717) is 5.92 Å². The molecule has 0 amide bonds. The molecule has 5 nitrogen and oxygen atoms in total. The monoisotopic (exact) mass is 416 g/mol. The molecule has 2 fully saturated rings. The van der Waals surface area contributed by atoms with Crippen LogP contribution in [0.15, 0.2) is 65.2 Å². The third-order valence-electron chi connectivity index (χ3n) is 7.14. The van der Waals surface area contributed by atoms with Gasteiger partial charge in [0, 0.05) is 32.7 Å². The molecule has 1 aromatic heterocycles. The molecule has 0 bridgehead atoms. The number of piperidine rings is 1. The van der Waals surface area contributed by atoms with E-state index in [1.54, 1.807) is 0 Å². The van der Waals surface area contributed by atoms with Crippen molar-refractivity contribution in [3.8, 4) is 0 Å². The summed E-state index contributed by atoms with van der Waals surface area (Å²) in [6, 6.07) is 21.6. The molecule has 3 aromatic rings. The number of benzene rings is 2. The SMILES string of the molecule is Cc1noc([C@]23CN(CCc4ccccc4)CC[C@H]2CN(CCc2ccccc2)C3)n1. The first kappa shape index (κ1) is 20.4. The van der Waals surface area contributed by atoms with Gasteiger partial charge in [0.1, 0.15) is 0 Å². The average molecular weight is 417 g/mol. The first-order valence-corrected chi connectivity index (χ1v) is 11.5. The van der Waals surface area contributed by atoms with Crippen molar-refractivity contribution in [3.63, 3.8) is 0 Å². The lowest BCUT2D eigenvalue weighted by molar-refractivity contribution is 0.0937. The summed E-state index contributed by atoms with van der Waals surface area (Å²) >= 11 is 0. The molecule has 2 aromatic carbocycles. The van der Waals surface area contributed by atoms with E-state index in [9.17, 15) is 0 Å². The third-order valence-corrected chi connectivity index (χ3v) is 7.14. The summed E-state index contributed by atoms with van der Waals surface area (Å²) in [6.07, 6.45) is 3.37. The highest BCUT2D eigenvalue weighted by Gasteiger charge is 2.54. The summed E-state index contributed by atoms with van der Waals surface area (Å²) in [7, 11) is 0. The number of hydrogen-bond acceptors (Lipinski definition) is 5. The van der Waals surface area contributed by atoms with Crippen LogP contribution in [0, 0.1) is 12.8 Å². The van der Waals surface area contributed by atoms with E-state index in [2.05, 4.69) is 75.6 Å². The zero-order valence-corrected chi connectivity index (χ0v) is 18.4. The van der Waals surface area contributed by atoms with E-state index in [4.69, 9.17) is 9.51 Å². The molecule has 0 spiro atoms. The Labute approximate surface area is 185 Å². The quantitative estimate of drug-likeness (QED) is 0.587. The molecule has 0 N–H and O–H groups in total. The summed E-state index contributed by atoms with van der Waals surface area (Å²) in [5, 5.41) is 4.16. The molecule has 2 atom stereocenters. The standard InChI is InChI=1S/C26H32N4O/c1-21-27-25(31-28-21)26-19-29(15-12-22-8-4-2-5-9-22)17-14-24(26)18-30(20-26)16-13-23-10-6-3-7-11-23/h2-11,24H,12-20H2,1H3/t24-,26-/m0/s1. The molecular weight excluding hydrogens is 384 g/mol. The third kappa shape index (κ3) is 4.43. The second-order valence-corrected chi connectivity index (χ2v) is 9.27. The molecule has 2 aliphatic heterocycles. The lowest BCUT2D eigenvalue weighted by atomic mass is 9.73. The van der Waals surface area contributed by atoms with Crippen molar-refractivity contribution in [2.45, 2.75) is 31.6 Å². The topological polar surface area (TPSA) is 45.4 Å². The number of hydrogen-bond donors (Lipinski definition) is 0. The van der Waals surface area contributed by atoms with Crippen LogP contribution in [0.3, 0.4) is 0 Å². The van der Waals surface area contributed by atoms with Gasteiger partial charge in [0.25, 0.3) is 0 Å². The van der Waals surface area contributed by atoms with E-state index >= 15 is 0 Å². The highest BCUT2D eigenvalue weighted by atomic mass is 16.5. The van der Waals surface area contributed by atoms with Crippen LogP contribution in [-0.4, -0.2) is 59.2 Å². The Hall–Kier alpha value is -2.50. The van der Waals surface area contributed by atoms with Crippen LogP contribution >= 0.6 is 0 Å². The molecule has 0 unspecified atom stereocenters. The van der Waals surface area contributed by atoms with Gasteiger partial charge in [0.05, 0.1) is 5.41 Å². The van der Waals surface area contributed by atoms with Crippen molar-refractivity contribution in [1.29, 1.82) is 0 Å². The summed E-state index contributed by atoms with van der Waals surface area (Å²) in [5.74, 6) is 2.17. The molecule has 3 heterocycles. The number of nitrogens with zero attached hydrogens (tertiary/aromatic N) is 4. The Morgan fingerprint density at radius 2 is 1.52 bits per heavy atom. The minimum Gasteiger partial charge on any atom is -0.339 e. The maximum absolute atomic E-state index is 5.82. The van der Waals surface area contributed by atoms with Crippen molar-refractivity contribution >= 4 is 0 Å². The fourth-order valence-corrected chi connectivity index (χ4v) is 5.48. The number of aromatic nitrogens is 2. The highest BCUT2D eigenvalue weighted by Crippen LogP contribution is 2.44. The van der Waals surface area contributed by atoms with Crippen LogP contribution in [0.1, 0.15) is 29.3 Å². The zero-order chi connectivity index (χ0) is 21.1. The van der Waals surface area contributed by atoms with Gasteiger partial charge in [-0.15, -0.1) is 0 Å². The van der Waals surface area contributed by atoms with E-state index in [0.717, 1.165) is 63.8 Å². The number of fused-ring (bicyclic) bond motifs is 1. The molecule has 0 saturated carbocycles. The van der Waals surface area contributed by atoms with E-state index in [1.165, 1.54) is 17.5 Å². The zero-order valence-electron chi connectivity index (χ0n) is 18.4.